The van der Waals surface area contributed by atoms with Crippen molar-refractivity contribution in [3.63, 3.8) is 0 Å². The molecule has 3 atom stereocenters. The Morgan fingerprint density at radius 2 is 1.93 bits per heavy atom. The normalized spacial score (nSPS) is 28.6. The molecule has 1 aromatic carbocycles. The fraction of sp³-hybridized carbons (Fsp3) is 0.538. The summed E-state index contributed by atoms with van der Waals surface area (Å²) in [5.41, 5.74) is 0. The van der Waals surface area contributed by atoms with E-state index in [-0.39, 0.29) is 0 Å². The molecule has 0 aliphatic heterocycles. The maximum Gasteiger partial charge on any atom is 0.0560 e. The van der Waals surface area contributed by atoms with Gasteiger partial charge >= 0.3 is 0 Å². The summed E-state index contributed by atoms with van der Waals surface area (Å²) in [6, 6.07) is 9.88. The van der Waals surface area contributed by atoms with Crippen LogP contribution in [0.3, 0.4) is 0 Å². The first-order valence-electron chi connectivity index (χ1n) is 5.73. The van der Waals surface area contributed by atoms with Gasteiger partial charge in [0.2, 0.25) is 0 Å². The maximum atomic E-state index is 12.3. The van der Waals surface area contributed by atoms with Gasteiger partial charge < -0.3 is 0 Å². The molecule has 1 unspecified atom stereocenters. The Hall–Kier alpha value is -0.630. The van der Waals surface area contributed by atoms with Gasteiger partial charge in [-0.15, -0.1) is 0 Å². The number of hydrogen-bond donors (Lipinski definition) is 0. The van der Waals surface area contributed by atoms with Crippen LogP contribution in [0.1, 0.15) is 32.6 Å². The molecule has 15 heavy (non-hydrogen) atoms. The number of benzene rings is 1. The summed E-state index contributed by atoms with van der Waals surface area (Å²) in [5.74, 6) is 0.747. The Kier molecular flexibility index (Phi) is 3.57. The van der Waals surface area contributed by atoms with Crippen molar-refractivity contribution < 1.29 is 4.21 Å². The van der Waals surface area contributed by atoms with Crippen molar-refractivity contribution in [2.24, 2.45) is 5.92 Å². The Bertz CT molecular complexity index is 334. The van der Waals surface area contributed by atoms with Gasteiger partial charge in [-0.05, 0) is 30.9 Å². The Labute approximate surface area is 94.4 Å². The van der Waals surface area contributed by atoms with Gasteiger partial charge in [0.1, 0.15) is 0 Å². The minimum absolute atomic E-state index is 0.385. The van der Waals surface area contributed by atoms with Gasteiger partial charge in [-0.3, -0.25) is 4.21 Å². The molecule has 1 aliphatic rings. The first-order chi connectivity index (χ1) is 7.27. The third-order valence-electron chi connectivity index (χ3n) is 3.17. The van der Waals surface area contributed by atoms with Gasteiger partial charge in [-0.1, -0.05) is 38.0 Å². The molecule has 82 valence electrons. The third-order valence-corrected chi connectivity index (χ3v) is 4.94. The summed E-state index contributed by atoms with van der Waals surface area (Å²) in [7, 11) is -0.791. The van der Waals surface area contributed by atoms with Gasteiger partial charge in [-0.2, -0.15) is 0 Å². The van der Waals surface area contributed by atoms with E-state index in [4.69, 9.17) is 0 Å². The van der Waals surface area contributed by atoms with E-state index >= 15 is 0 Å². The number of rotatable bonds is 2. The quantitative estimate of drug-likeness (QED) is 0.750. The summed E-state index contributed by atoms with van der Waals surface area (Å²) >= 11 is 0. The molecule has 0 spiro atoms. The van der Waals surface area contributed by atoms with E-state index < -0.39 is 10.8 Å². The smallest absolute Gasteiger partial charge is 0.0560 e. The van der Waals surface area contributed by atoms with Crippen molar-refractivity contribution in [1.29, 1.82) is 0 Å². The van der Waals surface area contributed by atoms with E-state index in [1.807, 2.05) is 30.3 Å². The zero-order valence-corrected chi connectivity index (χ0v) is 10.0. The molecule has 2 heteroatoms. The van der Waals surface area contributed by atoms with Crippen molar-refractivity contribution in [2.45, 2.75) is 42.8 Å². The van der Waals surface area contributed by atoms with Gasteiger partial charge in [0.25, 0.3) is 0 Å². The van der Waals surface area contributed by atoms with Gasteiger partial charge in [0.05, 0.1) is 10.8 Å². The Balaban J connectivity index is 2.08. The topological polar surface area (TPSA) is 17.1 Å². The van der Waals surface area contributed by atoms with Crippen LogP contribution in [0.5, 0.6) is 0 Å². The molecular weight excluding hydrogens is 204 g/mol. The highest BCUT2D eigenvalue weighted by Crippen LogP contribution is 2.29. The lowest BCUT2D eigenvalue weighted by atomic mass is 9.91. The molecule has 0 radical (unpaired) electrons. The third kappa shape index (κ3) is 2.69. The zero-order chi connectivity index (χ0) is 10.7. The van der Waals surface area contributed by atoms with E-state index in [1.54, 1.807) is 0 Å². The fourth-order valence-electron chi connectivity index (χ4n) is 2.32. The summed E-state index contributed by atoms with van der Waals surface area (Å²) in [5, 5.41) is 0.385. The molecule has 0 amide bonds. The average molecular weight is 222 g/mol. The van der Waals surface area contributed by atoms with E-state index in [9.17, 15) is 4.21 Å². The summed E-state index contributed by atoms with van der Waals surface area (Å²) in [4.78, 5) is 0.997. The lowest BCUT2D eigenvalue weighted by molar-refractivity contribution is 0.389. The zero-order valence-electron chi connectivity index (χ0n) is 9.19. The SMILES string of the molecule is C[C@H]1CCC[C@@H](S(=O)c2ccccc2)C1. The first kappa shape index (κ1) is 10.9. The van der Waals surface area contributed by atoms with Crippen LogP contribution in [0.15, 0.2) is 35.2 Å². The number of hydrogen-bond acceptors (Lipinski definition) is 1. The van der Waals surface area contributed by atoms with Crippen LogP contribution in [-0.4, -0.2) is 9.46 Å². The molecule has 1 aromatic rings. The highest BCUT2D eigenvalue weighted by atomic mass is 32.2. The molecule has 0 saturated heterocycles. The van der Waals surface area contributed by atoms with E-state index in [1.165, 1.54) is 12.8 Å². The molecule has 0 aromatic heterocycles. The monoisotopic (exact) mass is 222 g/mol. The van der Waals surface area contributed by atoms with Crippen LogP contribution >= 0.6 is 0 Å². The molecule has 1 fully saturated rings. The van der Waals surface area contributed by atoms with Crippen molar-refractivity contribution >= 4 is 10.8 Å². The molecule has 0 heterocycles. The van der Waals surface area contributed by atoms with Crippen LogP contribution in [0.25, 0.3) is 0 Å². The molecule has 0 bridgehead atoms. The largest absolute Gasteiger partial charge is 0.254 e. The second-order valence-electron chi connectivity index (χ2n) is 4.50. The van der Waals surface area contributed by atoms with Gasteiger partial charge in [0, 0.05) is 10.1 Å². The summed E-state index contributed by atoms with van der Waals surface area (Å²) < 4.78 is 12.3. The minimum Gasteiger partial charge on any atom is -0.254 e. The van der Waals surface area contributed by atoms with E-state index in [2.05, 4.69) is 6.92 Å². The average Bonchev–Trinajstić information content (AvgIpc) is 2.29. The molecule has 1 saturated carbocycles. The molecule has 2 rings (SSSR count). The minimum atomic E-state index is -0.791. The highest BCUT2D eigenvalue weighted by molar-refractivity contribution is 7.85. The van der Waals surface area contributed by atoms with Crippen LogP contribution < -0.4 is 0 Å². The lowest BCUT2D eigenvalue weighted by Gasteiger charge is -2.25. The van der Waals surface area contributed by atoms with Crippen molar-refractivity contribution in [3.8, 4) is 0 Å². The molecule has 0 N–H and O–H groups in total. The molecule has 1 nitrogen and oxygen atoms in total. The van der Waals surface area contributed by atoms with Crippen molar-refractivity contribution in [3.05, 3.63) is 30.3 Å². The van der Waals surface area contributed by atoms with Crippen molar-refractivity contribution in [2.75, 3.05) is 0 Å². The summed E-state index contributed by atoms with van der Waals surface area (Å²) in [6.07, 6.45) is 4.81. The van der Waals surface area contributed by atoms with Crippen molar-refractivity contribution in [1.82, 2.24) is 0 Å². The predicted molar refractivity (Wildman–Crippen MR) is 64.3 cm³/mol. The predicted octanol–water partition coefficient (Wildman–Crippen LogP) is 3.37. The Morgan fingerprint density at radius 1 is 1.20 bits per heavy atom. The van der Waals surface area contributed by atoms with Crippen LogP contribution in [-0.2, 0) is 10.8 Å². The molecular formula is C13H18OS. The summed E-state index contributed by atoms with van der Waals surface area (Å²) in [6.45, 7) is 2.27. The highest BCUT2D eigenvalue weighted by Gasteiger charge is 2.24. The second kappa shape index (κ2) is 4.93. The fourth-order valence-corrected chi connectivity index (χ4v) is 4.01. The molecule has 1 aliphatic carbocycles. The van der Waals surface area contributed by atoms with Gasteiger partial charge in [0.15, 0.2) is 0 Å². The van der Waals surface area contributed by atoms with Crippen LogP contribution in [0, 0.1) is 5.92 Å². The van der Waals surface area contributed by atoms with Gasteiger partial charge in [-0.25, -0.2) is 0 Å². The standard InChI is InChI=1S/C13H18OS/c1-11-6-5-9-13(10-11)15(14)12-7-3-2-4-8-12/h2-4,7-8,11,13H,5-6,9-10H2,1H3/t11-,13+,15?/m0/s1. The van der Waals surface area contributed by atoms with E-state index in [0.29, 0.717) is 5.25 Å². The maximum absolute atomic E-state index is 12.3. The van der Waals surface area contributed by atoms with E-state index in [0.717, 1.165) is 23.7 Å². The first-order valence-corrected chi connectivity index (χ1v) is 6.94. The second-order valence-corrected chi connectivity index (χ2v) is 6.24. The lowest BCUT2D eigenvalue weighted by Crippen LogP contribution is -2.23. The Morgan fingerprint density at radius 3 is 2.60 bits per heavy atom. The van der Waals surface area contributed by atoms with Crippen LogP contribution in [0.2, 0.25) is 0 Å². The van der Waals surface area contributed by atoms with Crippen LogP contribution in [0.4, 0.5) is 0 Å².